The number of hydrogen-bond acceptors (Lipinski definition) is 6. The maximum absolute atomic E-state index is 9.41. The molecule has 0 radical (unpaired) electrons. The first-order valence-corrected chi connectivity index (χ1v) is 9.04. The Labute approximate surface area is 158 Å². The molecule has 2 aromatic rings. The van der Waals surface area contributed by atoms with E-state index < -0.39 is 0 Å². The summed E-state index contributed by atoms with van der Waals surface area (Å²) in [5, 5.41) is 12.9. The summed E-state index contributed by atoms with van der Waals surface area (Å²) in [5.41, 5.74) is 5.50. The fourth-order valence-electron chi connectivity index (χ4n) is 3.62. The number of nitrogens with zero attached hydrogens (tertiary/aromatic N) is 2. The zero-order chi connectivity index (χ0) is 19.0. The lowest BCUT2D eigenvalue weighted by atomic mass is 9.85. The molecule has 27 heavy (non-hydrogen) atoms. The van der Waals surface area contributed by atoms with Crippen molar-refractivity contribution in [2.24, 2.45) is 0 Å². The molecule has 1 aromatic carbocycles. The Balaban J connectivity index is 1.95. The lowest BCUT2D eigenvalue weighted by Crippen LogP contribution is -2.20. The second kappa shape index (κ2) is 6.84. The van der Waals surface area contributed by atoms with Gasteiger partial charge in [-0.1, -0.05) is 12.1 Å². The predicted octanol–water partition coefficient (Wildman–Crippen LogP) is 3.89. The Kier molecular flexibility index (Phi) is 4.36. The number of ether oxygens (including phenoxy) is 3. The maximum Gasteiger partial charge on any atom is 0.219 e. The number of aryl methyl sites for hydroxylation is 1. The fourth-order valence-corrected chi connectivity index (χ4v) is 3.62. The zero-order valence-corrected chi connectivity index (χ0v) is 15.6. The van der Waals surface area contributed by atoms with E-state index in [0.29, 0.717) is 42.8 Å². The number of hydrogen-bond donors (Lipinski definition) is 1. The van der Waals surface area contributed by atoms with Crippen molar-refractivity contribution in [3.63, 3.8) is 0 Å². The first-order valence-electron chi connectivity index (χ1n) is 9.04. The second-order valence-corrected chi connectivity index (χ2v) is 6.59. The predicted molar refractivity (Wildman–Crippen MR) is 102 cm³/mol. The molecule has 1 aromatic heterocycles. The van der Waals surface area contributed by atoms with Gasteiger partial charge in [0.15, 0.2) is 11.5 Å². The van der Waals surface area contributed by atoms with Crippen molar-refractivity contribution in [3.05, 3.63) is 52.4 Å². The van der Waals surface area contributed by atoms with E-state index in [0.717, 1.165) is 28.1 Å². The second-order valence-electron chi connectivity index (χ2n) is 6.59. The Bertz CT molecular complexity index is 976. The van der Waals surface area contributed by atoms with E-state index >= 15 is 0 Å². The van der Waals surface area contributed by atoms with Gasteiger partial charge >= 0.3 is 0 Å². The van der Waals surface area contributed by atoms with Crippen molar-refractivity contribution < 1.29 is 14.2 Å². The van der Waals surface area contributed by atoms with E-state index in [2.05, 4.69) is 22.4 Å². The van der Waals surface area contributed by atoms with Crippen LogP contribution >= 0.6 is 0 Å². The van der Waals surface area contributed by atoms with Crippen LogP contribution in [-0.2, 0) is 0 Å². The summed E-state index contributed by atoms with van der Waals surface area (Å²) in [6.07, 6.45) is 3.95. The van der Waals surface area contributed by atoms with Crippen LogP contribution in [0.15, 0.2) is 30.1 Å². The largest absolute Gasteiger partial charge is 0.486 e. The van der Waals surface area contributed by atoms with Crippen LogP contribution in [0, 0.1) is 18.3 Å². The molecule has 0 saturated heterocycles. The van der Waals surface area contributed by atoms with Crippen LogP contribution in [0.25, 0.3) is 0 Å². The van der Waals surface area contributed by atoms with E-state index in [1.54, 1.807) is 6.07 Å². The number of allylic oxidation sites excluding steroid dienone is 2. The van der Waals surface area contributed by atoms with Crippen molar-refractivity contribution in [1.82, 2.24) is 4.98 Å². The van der Waals surface area contributed by atoms with Crippen LogP contribution in [0.3, 0.4) is 0 Å². The van der Waals surface area contributed by atoms with Gasteiger partial charge in [0.1, 0.15) is 19.3 Å². The molecule has 6 nitrogen and oxygen atoms in total. The number of anilines is 1. The highest BCUT2D eigenvalue weighted by Crippen LogP contribution is 2.48. The summed E-state index contributed by atoms with van der Waals surface area (Å²) in [6, 6.07) is 5.91. The van der Waals surface area contributed by atoms with Crippen molar-refractivity contribution >= 4 is 5.69 Å². The van der Waals surface area contributed by atoms with Gasteiger partial charge in [-0.15, -0.1) is 0 Å². The molecule has 1 unspecified atom stereocenters. The minimum atomic E-state index is -0.113. The maximum atomic E-state index is 9.41. The van der Waals surface area contributed by atoms with Gasteiger partial charge in [-0.3, -0.25) is 0 Å². The third-order valence-corrected chi connectivity index (χ3v) is 4.77. The van der Waals surface area contributed by atoms with E-state index in [9.17, 15) is 5.26 Å². The summed E-state index contributed by atoms with van der Waals surface area (Å²) >= 11 is 0. The molecule has 0 fully saturated rings. The Hall–Kier alpha value is -3.20. The monoisotopic (exact) mass is 363 g/mol. The molecule has 3 heterocycles. The van der Waals surface area contributed by atoms with E-state index in [4.69, 9.17) is 14.2 Å². The van der Waals surface area contributed by atoms with E-state index in [1.807, 2.05) is 33.0 Å². The summed E-state index contributed by atoms with van der Waals surface area (Å²) < 4.78 is 17.5. The minimum Gasteiger partial charge on any atom is -0.486 e. The lowest BCUT2D eigenvalue weighted by Gasteiger charge is -2.30. The topological polar surface area (TPSA) is 76.4 Å². The first kappa shape index (κ1) is 17.2. The molecule has 2 aliphatic heterocycles. The van der Waals surface area contributed by atoms with Crippen LogP contribution in [0.4, 0.5) is 5.69 Å². The highest BCUT2D eigenvalue weighted by Gasteiger charge is 2.31. The number of rotatable bonds is 3. The summed E-state index contributed by atoms with van der Waals surface area (Å²) in [7, 11) is 0. The van der Waals surface area contributed by atoms with Gasteiger partial charge in [0, 0.05) is 28.9 Å². The van der Waals surface area contributed by atoms with Gasteiger partial charge in [-0.2, -0.15) is 5.26 Å². The molecule has 0 spiro atoms. The van der Waals surface area contributed by atoms with Gasteiger partial charge in [-0.25, -0.2) is 4.98 Å². The lowest BCUT2D eigenvalue weighted by molar-refractivity contribution is 0.169. The first-order chi connectivity index (χ1) is 13.1. The van der Waals surface area contributed by atoms with Crippen molar-refractivity contribution in [2.75, 3.05) is 25.1 Å². The Morgan fingerprint density at radius 3 is 2.78 bits per heavy atom. The molecule has 0 aliphatic carbocycles. The molecule has 0 saturated carbocycles. The van der Waals surface area contributed by atoms with E-state index in [1.165, 1.54) is 0 Å². The molecular weight excluding hydrogens is 342 g/mol. The Morgan fingerprint density at radius 1 is 1.26 bits per heavy atom. The number of nitrogens with one attached hydrogen (secondary N) is 1. The fraction of sp³-hybridized carbons (Fsp3) is 0.333. The SMILES string of the molecule is CCOc1ncc(C)c2c1C(c1ccc(C#N)c3c1OCCO3)C=C(C)N2. The quantitative estimate of drug-likeness (QED) is 0.891. The molecule has 0 bridgehead atoms. The molecule has 6 heteroatoms. The highest BCUT2D eigenvalue weighted by atomic mass is 16.6. The van der Waals surface area contributed by atoms with Crippen LogP contribution < -0.4 is 19.5 Å². The van der Waals surface area contributed by atoms with Gasteiger partial charge in [0.05, 0.1) is 17.9 Å². The number of aromatic nitrogens is 1. The van der Waals surface area contributed by atoms with Crippen LogP contribution in [0.5, 0.6) is 17.4 Å². The summed E-state index contributed by atoms with van der Waals surface area (Å²) in [6.45, 7) is 7.43. The average molecular weight is 363 g/mol. The minimum absolute atomic E-state index is 0.113. The number of nitriles is 1. The van der Waals surface area contributed by atoms with Crippen LogP contribution in [0.1, 0.15) is 42.0 Å². The van der Waals surface area contributed by atoms with Crippen molar-refractivity contribution in [3.8, 4) is 23.4 Å². The third-order valence-electron chi connectivity index (χ3n) is 4.77. The van der Waals surface area contributed by atoms with Gasteiger partial charge in [0.2, 0.25) is 5.88 Å². The molecule has 1 atom stereocenters. The molecule has 1 N–H and O–H groups in total. The molecule has 0 amide bonds. The Morgan fingerprint density at radius 2 is 2.04 bits per heavy atom. The third kappa shape index (κ3) is 2.85. The molecule has 138 valence electrons. The normalized spacial score (nSPS) is 17.3. The molecule has 2 aliphatic rings. The number of pyridine rings is 1. The average Bonchev–Trinajstić information content (AvgIpc) is 2.69. The summed E-state index contributed by atoms with van der Waals surface area (Å²) in [5.74, 6) is 1.64. The van der Waals surface area contributed by atoms with Gasteiger partial charge < -0.3 is 19.5 Å². The smallest absolute Gasteiger partial charge is 0.219 e. The van der Waals surface area contributed by atoms with Crippen molar-refractivity contribution in [2.45, 2.75) is 26.7 Å². The van der Waals surface area contributed by atoms with Gasteiger partial charge in [0.25, 0.3) is 0 Å². The van der Waals surface area contributed by atoms with E-state index in [-0.39, 0.29) is 5.92 Å². The molecular formula is C21H21N3O3. The van der Waals surface area contributed by atoms with Crippen LogP contribution in [-0.4, -0.2) is 24.8 Å². The molecule has 4 rings (SSSR count). The number of benzene rings is 1. The zero-order valence-electron chi connectivity index (χ0n) is 15.6. The summed E-state index contributed by atoms with van der Waals surface area (Å²) in [4.78, 5) is 4.51. The van der Waals surface area contributed by atoms with Gasteiger partial charge in [-0.05, 0) is 32.4 Å². The van der Waals surface area contributed by atoms with Crippen LogP contribution in [0.2, 0.25) is 0 Å². The highest BCUT2D eigenvalue weighted by molar-refractivity contribution is 5.71. The standard InChI is InChI=1S/C21H21N3O3/c1-4-25-21-17-16(9-13(3)24-18(17)12(2)11-23-21)15-6-5-14(10-22)19-20(15)27-8-7-26-19/h5-6,9,11,16,24H,4,7-8H2,1-3H3. The van der Waals surface area contributed by atoms with Crippen molar-refractivity contribution in [1.29, 1.82) is 5.26 Å². The number of fused-ring (bicyclic) bond motifs is 2.